The van der Waals surface area contributed by atoms with Gasteiger partial charge in [0.15, 0.2) is 17.8 Å². The Morgan fingerprint density at radius 1 is 1.53 bits per heavy atom. The summed E-state index contributed by atoms with van der Waals surface area (Å²) >= 11 is 7.09. The lowest BCUT2D eigenvalue weighted by molar-refractivity contribution is -0.135. The molecule has 19 heavy (non-hydrogen) atoms. The summed E-state index contributed by atoms with van der Waals surface area (Å²) in [6, 6.07) is 2.02. The zero-order valence-corrected chi connectivity index (χ0v) is 13.0. The number of rotatable bonds is 0. The summed E-state index contributed by atoms with van der Waals surface area (Å²) in [5, 5.41) is 3.21. The molecule has 2 atom stereocenters. The molecule has 3 aliphatic rings. The molecule has 3 N–H and O–H groups in total. The smallest absolute Gasteiger partial charge is 0.225 e. The Kier molecular flexibility index (Phi) is 2.20. The van der Waals surface area contributed by atoms with Crippen LogP contribution < -0.4 is 11.1 Å². The average Bonchev–Trinajstić information content (AvgIpc) is 2.94. The van der Waals surface area contributed by atoms with E-state index in [2.05, 4.69) is 46.7 Å². The van der Waals surface area contributed by atoms with Gasteiger partial charge in [0.25, 0.3) is 0 Å². The molecule has 0 radical (unpaired) electrons. The fourth-order valence-electron chi connectivity index (χ4n) is 3.31. The van der Waals surface area contributed by atoms with Crippen molar-refractivity contribution in [3.05, 3.63) is 20.8 Å². The molecule has 1 aromatic heterocycles. The zero-order chi connectivity index (χ0) is 13.4. The summed E-state index contributed by atoms with van der Waals surface area (Å²) in [7, 11) is 0. The van der Waals surface area contributed by atoms with Crippen LogP contribution >= 0.6 is 31.9 Å². The lowest BCUT2D eigenvalue weighted by Gasteiger charge is -2.44. The summed E-state index contributed by atoms with van der Waals surface area (Å²) < 4.78 is 4.00. The van der Waals surface area contributed by atoms with Crippen LogP contribution in [0.2, 0.25) is 0 Å². The summed E-state index contributed by atoms with van der Waals surface area (Å²) in [6.45, 7) is 0.579. The minimum absolute atomic E-state index is 0.155. The largest absolute Gasteiger partial charge is 0.370 e. The Labute approximate surface area is 126 Å². The van der Waals surface area contributed by atoms with Gasteiger partial charge in [-0.15, -0.1) is 0 Å². The van der Waals surface area contributed by atoms with Crippen molar-refractivity contribution >= 4 is 43.7 Å². The highest BCUT2D eigenvalue weighted by Gasteiger charge is 2.58. The highest BCUT2D eigenvalue weighted by atomic mass is 79.9. The van der Waals surface area contributed by atoms with Gasteiger partial charge < -0.3 is 20.5 Å². The Balaban J connectivity index is 1.96. The van der Waals surface area contributed by atoms with Gasteiger partial charge in [0.05, 0.1) is 11.0 Å². The van der Waals surface area contributed by atoms with Crippen molar-refractivity contribution in [2.45, 2.75) is 31.2 Å². The first-order valence-corrected chi connectivity index (χ1v) is 7.58. The van der Waals surface area contributed by atoms with Crippen molar-refractivity contribution in [2.75, 3.05) is 0 Å². The van der Waals surface area contributed by atoms with Gasteiger partial charge in [-0.25, -0.2) is 4.99 Å². The molecule has 100 valence electrons. The van der Waals surface area contributed by atoms with Crippen LogP contribution in [0.4, 0.5) is 0 Å². The molecule has 3 aliphatic heterocycles. The number of hydrogen-bond donors (Lipinski definition) is 2. The molecule has 6 nitrogen and oxygen atoms in total. The molecule has 1 fully saturated rings. The molecule has 1 saturated heterocycles. The second-order valence-corrected chi connectivity index (χ2v) is 6.67. The third kappa shape index (κ3) is 1.31. The van der Waals surface area contributed by atoms with Crippen LogP contribution in [0.3, 0.4) is 0 Å². The van der Waals surface area contributed by atoms with Gasteiger partial charge in [-0.2, -0.15) is 0 Å². The van der Waals surface area contributed by atoms with Crippen molar-refractivity contribution in [1.29, 1.82) is 0 Å². The predicted molar refractivity (Wildman–Crippen MR) is 76.1 cm³/mol. The van der Waals surface area contributed by atoms with Crippen molar-refractivity contribution in [1.82, 2.24) is 14.8 Å². The van der Waals surface area contributed by atoms with Crippen molar-refractivity contribution in [3.8, 4) is 0 Å². The fourth-order valence-corrected chi connectivity index (χ4v) is 4.30. The lowest BCUT2D eigenvalue weighted by atomic mass is 10.0. The average molecular weight is 389 g/mol. The van der Waals surface area contributed by atoms with Gasteiger partial charge in [-0.05, 0) is 37.9 Å². The molecule has 2 unspecified atom stereocenters. The first-order valence-electron chi connectivity index (χ1n) is 6.00. The Hall–Kier alpha value is -1.02. The summed E-state index contributed by atoms with van der Waals surface area (Å²) in [6.07, 6.45) is 1.06. The Morgan fingerprint density at radius 3 is 3.11 bits per heavy atom. The maximum absolute atomic E-state index is 12.1. The van der Waals surface area contributed by atoms with E-state index in [1.54, 1.807) is 0 Å². The molecule has 1 amide bonds. The van der Waals surface area contributed by atoms with Gasteiger partial charge in [-0.3, -0.25) is 4.79 Å². The highest BCUT2D eigenvalue weighted by molar-refractivity contribution is 9.13. The second kappa shape index (κ2) is 3.54. The van der Waals surface area contributed by atoms with Crippen molar-refractivity contribution in [2.24, 2.45) is 10.7 Å². The van der Waals surface area contributed by atoms with Crippen LogP contribution in [0.15, 0.2) is 20.1 Å². The quantitative estimate of drug-likeness (QED) is 0.702. The van der Waals surface area contributed by atoms with Crippen LogP contribution in [0.1, 0.15) is 24.7 Å². The standard InChI is InChI=1S/C11H11Br2N5O/c12-6-3-5-4-17-7(19)1-2-11(17)9(15-10(14)16-11)18(5)8(6)13/h3,9H,1-2,4H2,(H3,14,15,16). The molecule has 0 saturated carbocycles. The number of nitrogens with zero attached hydrogens (tertiary/aromatic N) is 3. The van der Waals surface area contributed by atoms with E-state index in [1.165, 1.54) is 0 Å². The van der Waals surface area contributed by atoms with Crippen molar-refractivity contribution < 1.29 is 4.79 Å². The molecule has 8 heteroatoms. The molecular formula is C11H11Br2N5O. The first kappa shape index (κ1) is 11.8. The minimum Gasteiger partial charge on any atom is -0.370 e. The number of aliphatic imine (C=N–C) groups is 1. The van der Waals surface area contributed by atoms with Gasteiger partial charge >= 0.3 is 0 Å². The number of aromatic nitrogens is 1. The molecule has 0 bridgehead atoms. The summed E-state index contributed by atoms with van der Waals surface area (Å²) in [5.41, 5.74) is 6.43. The number of guanidine groups is 1. The molecule has 0 aliphatic carbocycles. The number of amides is 1. The van der Waals surface area contributed by atoms with Crippen LogP contribution in [0.25, 0.3) is 0 Å². The number of hydrogen-bond acceptors (Lipinski definition) is 4. The molecule has 1 aromatic rings. The third-order valence-corrected chi connectivity index (χ3v) is 6.06. The normalized spacial score (nSPS) is 31.7. The Morgan fingerprint density at radius 2 is 2.32 bits per heavy atom. The molecule has 1 spiro atoms. The number of fused-ring (bicyclic) bond motifs is 2. The molecule has 0 aromatic carbocycles. The van der Waals surface area contributed by atoms with E-state index in [0.717, 1.165) is 21.2 Å². The zero-order valence-electron chi connectivity index (χ0n) is 9.86. The number of nitrogens with one attached hydrogen (secondary N) is 1. The van der Waals surface area contributed by atoms with Gasteiger partial charge in [0, 0.05) is 18.5 Å². The maximum atomic E-state index is 12.1. The van der Waals surface area contributed by atoms with Gasteiger partial charge in [-0.1, -0.05) is 0 Å². The van der Waals surface area contributed by atoms with E-state index in [4.69, 9.17) is 5.73 Å². The van der Waals surface area contributed by atoms with E-state index in [9.17, 15) is 4.79 Å². The van der Waals surface area contributed by atoms with Crippen LogP contribution in [0, 0.1) is 0 Å². The van der Waals surface area contributed by atoms with E-state index in [0.29, 0.717) is 18.9 Å². The molecular weight excluding hydrogens is 378 g/mol. The first-order chi connectivity index (χ1) is 9.03. The molecule has 4 heterocycles. The third-order valence-electron chi connectivity index (χ3n) is 4.11. The van der Waals surface area contributed by atoms with Gasteiger partial charge in [0.2, 0.25) is 5.91 Å². The summed E-state index contributed by atoms with van der Waals surface area (Å²) in [4.78, 5) is 18.5. The van der Waals surface area contributed by atoms with E-state index in [-0.39, 0.29) is 12.1 Å². The summed E-state index contributed by atoms with van der Waals surface area (Å²) in [5.74, 6) is 0.552. The van der Waals surface area contributed by atoms with Crippen molar-refractivity contribution in [3.63, 3.8) is 0 Å². The maximum Gasteiger partial charge on any atom is 0.225 e. The van der Waals surface area contributed by atoms with Gasteiger partial charge in [0.1, 0.15) is 4.60 Å². The minimum atomic E-state index is -0.491. The van der Waals surface area contributed by atoms with Crippen LogP contribution in [0.5, 0.6) is 0 Å². The fraction of sp³-hybridized carbons (Fsp3) is 0.455. The lowest BCUT2D eigenvalue weighted by Crippen LogP contribution is -2.61. The number of halogens is 2. The molecule has 4 rings (SSSR count). The monoisotopic (exact) mass is 387 g/mol. The van der Waals surface area contributed by atoms with E-state index < -0.39 is 5.66 Å². The topological polar surface area (TPSA) is 75.6 Å². The highest BCUT2D eigenvalue weighted by Crippen LogP contribution is 2.48. The van der Waals surface area contributed by atoms with Crippen LogP contribution in [-0.4, -0.2) is 27.0 Å². The Bertz CT molecular complexity index is 639. The van der Waals surface area contributed by atoms with Crippen LogP contribution in [-0.2, 0) is 11.3 Å². The van der Waals surface area contributed by atoms with E-state index >= 15 is 0 Å². The number of carbonyl (C=O) groups is 1. The number of carbonyl (C=O) groups excluding carboxylic acids is 1. The number of nitrogens with two attached hydrogens (primary N) is 1. The van der Waals surface area contributed by atoms with E-state index in [1.807, 2.05) is 11.0 Å². The SMILES string of the molecule is NC1=NC2n3c(cc(Br)c3Br)CN3C(=O)CCC23N1. The predicted octanol–water partition coefficient (Wildman–Crippen LogP) is 1.26. The second-order valence-electron chi connectivity index (χ2n) is 5.06.